The average molecular weight is 561 g/mol. The van der Waals surface area contributed by atoms with Crippen molar-refractivity contribution in [2.45, 2.75) is 11.4 Å². The summed E-state index contributed by atoms with van der Waals surface area (Å²) in [4.78, 5) is 17.6. The van der Waals surface area contributed by atoms with Crippen LogP contribution >= 0.6 is 38.9 Å². The van der Waals surface area contributed by atoms with Gasteiger partial charge >= 0.3 is 0 Å². The summed E-state index contributed by atoms with van der Waals surface area (Å²) in [5, 5.41) is 0.440. The molecular weight excluding hydrogens is 546 g/mol. The van der Waals surface area contributed by atoms with Crippen molar-refractivity contribution in [2.75, 3.05) is 4.72 Å². The van der Waals surface area contributed by atoms with Gasteiger partial charge < -0.3 is 4.57 Å². The molecule has 0 spiro atoms. The lowest BCUT2D eigenvalue weighted by molar-refractivity contribution is 0.0998. The van der Waals surface area contributed by atoms with Gasteiger partial charge in [0, 0.05) is 20.7 Å². The van der Waals surface area contributed by atoms with E-state index in [1.807, 2.05) is 18.2 Å². The Hall–Kier alpha value is -2.90. The maximum atomic E-state index is 12.8. The van der Waals surface area contributed by atoms with E-state index in [1.165, 1.54) is 59.9 Å². The second-order valence-electron chi connectivity index (χ2n) is 6.84. The fourth-order valence-corrected chi connectivity index (χ4v) is 5.80. The predicted molar refractivity (Wildman–Crippen MR) is 135 cm³/mol. The molecule has 3 aromatic carbocycles. The van der Waals surface area contributed by atoms with E-state index < -0.39 is 15.9 Å². The van der Waals surface area contributed by atoms with E-state index in [2.05, 4.69) is 31.6 Å². The van der Waals surface area contributed by atoms with E-state index in [-0.39, 0.29) is 11.4 Å². The van der Waals surface area contributed by atoms with Crippen LogP contribution < -0.4 is 9.52 Å². The van der Waals surface area contributed by atoms with Crippen molar-refractivity contribution in [1.82, 2.24) is 4.57 Å². The van der Waals surface area contributed by atoms with Crippen molar-refractivity contribution in [3.05, 3.63) is 86.6 Å². The zero-order chi connectivity index (χ0) is 23.6. The Bertz CT molecular complexity index is 1570. The van der Waals surface area contributed by atoms with E-state index in [0.29, 0.717) is 21.1 Å². The zero-order valence-electron chi connectivity index (χ0n) is 16.8. The predicted octanol–water partition coefficient (Wildman–Crippen LogP) is 5.29. The Morgan fingerprint density at radius 2 is 1.82 bits per heavy atom. The first-order valence-corrected chi connectivity index (χ1v) is 12.9. The first kappa shape index (κ1) is 23.3. The van der Waals surface area contributed by atoms with Gasteiger partial charge in [-0.25, -0.2) is 8.42 Å². The van der Waals surface area contributed by atoms with E-state index >= 15 is 0 Å². The molecule has 0 unspecified atom stereocenters. The normalized spacial score (nSPS) is 12.0. The molecule has 1 heterocycles. The summed E-state index contributed by atoms with van der Waals surface area (Å²) >= 11 is 10.6. The van der Waals surface area contributed by atoms with E-state index in [9.17, 15) is 13.2 Å². The number of amides is 1. The van der Waals surface area contributed by atoms with Crippen LogP contribution in [0.2, 0.25) is 5.02 Å². The van der Waals surface area contributed by atoms with Crippen LogP contribution in [-0.2, 0) is 16.6 Å². The molecule has 0 aliphatic heterocycles. The molecule has 33 heavy (non-hydrogen) atoms. The minimum absolute atomic E-state index is 0.0801. The van der Waals surface area contributed by atoms with Crippen LogP contribution in [-0.4, -0.2) is 18.9 Å². The average Bonchev–Trinajstić information content (AvgIpc) is 3.10. The topological polar surface area (TPSA) is 80.5 Å². The number of thiazole rings is 1. The van der Waals surface area contributed by atoms with Gasteiger partial charge in [0.2, 0.25) is 0 Å². The number of nitrogens with zero attached hydrogens (tertiary/aromatic N) is 2. The molecule has 10 heteroatoms. The van der Waals surface area contributed by atoms with Crippen LogP contribution in [0.1, 0.15) is 10.4 Å². The van der Waals surface area contributed by atoms with Crippen LogP contribution in [0.5, 0.6) is 0 Å². The minimum atomic E-state index is -3.78. The number of hydrogen-bond acceptors (Lipinski definition) is 4. The summed E-state index contributed by atoms with van der Waals surface area (Å²) in [6, 6.07) is 17.6. The van der Waals surface area contributed by atoms with Gasteiger partial charge in [0.25, 0.3) is 15.9 Å². The molecule has 0 saturated heterocycles. The lowest BCUT2D eigenvalue weighted by Gasteiger charge is -2.08. The highest BCUT2D eigenvalue weighted by atomic mass is 79.9. The second kappa shape index (κ2) is 9.53. The first-order valence-electron chi connectivity index (χ1n) is 9.47. The Labute approximate surface area is 207 Å². The summed E-state index contributed by atoms with van der Waals surface area (Å²) < 4.78 is 31.2. The second-order valence-corrected chi connectivity index (χ2v) is 10.9. The highest BCUT2D eigenvalue weighted by molar-refractivity contribution is 9.10. The van der Waals surface area contributed by atoms with Gasteiger partial charge in [0.05, 0.1) is 21.7 Å². The van der Waals surface area contributed by atoms with Crippen LogP contribution in [0.3, 0.4) is 0 Å². The zero-order valence-corrected chi connectivity index (χ0v) is 20.8. The van der Waals surface area contributed by atoms with Crippen molar-refractivity contribution >= 4 is 70.7 Å². The number of halogens is 2. The van der Waals surface area contributed by atoms with E-state index in [1.54, 1.807) is 4.57 Å². The fraction of sp³-hybridized carbons (Fsp3) is 0.0435. The molecule has 0 radical (unpaired) electrons. The maximum absolute atomic E-state index is 12.8. The summed E-state index contributed by atoms with van der Waals surface area (Å²) in [6.07, 6.45) is 5.50. The number of aromatic nitrogens is 1. The Balaban J connectivity index is 1.60. The third-order valence-corrected chi connectivity index (χ3v) is 7.78. The lowest BCUT2D eigenvalue weighted by Crippen LogP contribution is -2.16. The van der Waals surface area contributed by atoms with Crippen molar-refractivity contribution in [2.24, 2.45) is 4.99 Å². The van der Waals surface area contributed by atoms with Crippen molar-refractivity contribution in [3.8, 4) is 12.3 Å². The van der Waals surface area contributed by atoms with Gasteiger partial charge in [-0.05, 0) is 66.7 Å². The number of fused-ring (bicyclic) bond motifs is 1. The third-order valence-electron chi connectivity index (χ3n) is 4.60. The van der Waals surface area contributed by atoms with Crippen molar-refractivity contribution < 1.29 is 13.2 Å². The highest BCUT2D eigenvalue weighted by Crippen LogP contribution is 2.23. The van der Waals surface area contributed by atoms with Gasteiger partial charge in [0.15, 0.2) is 4.80 Å². The molecule has 1 aromatic heterocycles. The number of carbonyl (C=O) groups is 1. The number of sulfonamides is 1. The van der Waals surface area contributed by atoms with Gasteiger partial charge in [-0.1, -0.05) is 44.8 Å². The van der Waals surface area contributed by atoms with Gasteiger partial charge in [-0.2, -0.15) is 4.99 Å². The summed E-state index contributed by atoms with van der Waals surface area (Å²) in [5.74, 6) is 2.13. The number of anilines is 1. The van der Waals surface area contributed by atoms with Crippen LogP contribution in [0.4, 0.5) is 5.69 Å². The Morgan fingerprint density at radius 3 is 2.48 bits per heavy atom. The number of benzene rings is 3. The smallest absolute Gasteiger partial charge is 0.279 e. The SMILES string of the molecule is C#CCn1c(=NC(=O)c2ccc(NS(=O)(=O)c3ccc(Cl)cc3)cc2)sc2cc(Br)ccc21. The van der Waals surface area contributed by atoms with E-state index in [0.717, 1.165) is 14.7 Å². The van der Waals surface area contributed by atoms with E-state index in [4.69, 9.17) is 18.0 Å². The molecule has 0 aliphatic rings. The largest absolute Gasteiger partial charge is 0.305 e. The van der Waals surface area contributed by atoms with Gasteiger partial charge in [-0.3, -0.25) is 9.52 Å². The highest BCUT2D eigenvalue weighted by Gasteiger charge is 2.15. The Kier molecular flexibility index (Phi) is 6.72. The van der Waals surface area contributed by atoms with Crippen molar-refractivity contribution in [1.29, 1.82) is 0 Å². The first-order chi connectivity index (χ1) is 15.8. The summed E-state index contributed by atoms with van der Waals surface area (Å²) in [5.41, 5.74) is 1.52. The summed E-state index contributed by atoms with van der Waals surface area (Å²) in [7, 11) is -3.78. The molecule has 4 rings (SSSR count). The molecular formula is C23H15BrClN3O3S2. The van der Waals surface area contributed by atoms with Gasteiger partial charge in [0.1, 0.15) is 0 Å². The lowest BCUT2D eigenvalue weighted by atomic mass is 10.2. The number of rotatable bonds is 5. The Morgan fingerprint density at radius 1 is 1.12 bits per heavy atom. The fourth-order valence-electron chi connectivity index (χ4n) is 3.04. The number of carbonyl (C=O) groups excluding carboxylic acids is 1. The number of hydrogen-bond donors (Lipinski definition) is 1. The minimum Gasteiger partial charge on any atom is -0.305 e. The van der Waals surface area contributed by atoms with Crippen LogP contribution in [0.15, 0.2) is 81.1 Å². The molecule has 0 bridgehead atoms. The third kappa shape index (κ3) is 5.20. The van der Waals surface area contributed by atoms with Crippen molar-refractivity contribution in [3.63, 3.8) is 0 Å². The quantitative estimate of drug-likeness (QED) is 0.337. The molecule has 1 N–H and O–H groups in total. The molecule has 0 saturated carbocycles. The molecule has 0 atom stereocenters. The molecule has 166 valence electrons. The monoisotopic (exact) mass is 559 g/mol. The standard InChI is InChI=1S/C23H15BrClN3O3S2/c1-2-13-28-20-12-5-16(24)14-21(20)32-23(28)26-22(29)15-3-8-18(9-4-15)27-33(30,31)19-10-6-17(25)7-11-19/h1,3-12,14,27H,13H2. The molecule has 6 nitrogen and oxygen atoms in total. The molecule has 4 aromatic rings. The molecule has 0 aliphatic carbocycles. The number of terminal acetylenes is 1. The van der Waals surface area contributed by atoms with Crippen LogP contribution in [0.25, 0.3) is 10.2 Å². The molecule has 0 fully saturated rings. The summed E-state index contributed by atoms with van der Waals surface area (Å²) in [6.45, 7) is 0.277. The maximum Gasteiger partial charge on any atom is 0.279 e. The van der Waals surface area contributed by atoms with Crippen LogP contribution in [0, 0.1) is 12.3 Å². The number of nitrogens with one attached hydrogen (secondary N) is 1. The van der Waals surface area contributed by atoms with Gasteiger partial charge in [-0.15, -0.1) is 6.42 Å². The molecule has 1 amide bonds.